The number of nitrogens with one attached hydrogen (secondary N) is 1. The first-order chi connectivity index (χ1) is 15.3. The number of phenols is 1. The van der Waals surface area contributed by atoms with E-state index in [1.807, 2.05) is 0 Å². The van der Waals surface area contributed by atoms with Crippen LogP contribution in [0, 0.1) is 0 Å². The minimum atomic E-state index is -2.27. The molecule has 2 aromatic heterocycles. The molecule has 0 saturated carbocycles. The standard InChI is InChI=1S/C21H20N2O8S/c1-4-31-20(28)21(19(26)27,18-22-5-6-32-18)11-7-13(23-10-11)17(25)12-8-15(29-2)16(30-3)9-14(12)24/h5-10,23-24H,4H2,1-3H3,(H,26,27). The van der Waals surface area contributed by atoms with E-state index in [1.165, 1.54) is 50.2 Å². The van der Waals surface area contributed by atoms with Gasteiger partial charge in [-0.1, -0.05) is 0 Å². The third-order valence-corrected chi connectivity index (χ3v) is 5.66. The van der Waals surface area contributed by atoms with E-state index in [-0.39, 0.29) is 45.7 Å². The maximum atomic E-state index is 13.1. The number of methoxy groups -OCH3 is 2. The number of aromatic nitrogens is 2. The summed E-state index contributed by atoms with van der Waals surface area (Å²) in [6.45, 7) is 1.51. The molecular formula is C21H20N2O8S. The second-order valence-electron chi connectivity index (χ2n) is 6.47. The molecule has 32 heavy (non-hydrogen) atoms. The SMILES string of the molecule is CCOC(=O)C(C(=O)O)(c1c[nH]c(C(=O)c2cc(OC)c(OC)cc2O)c1)c1nccs1. The first-order valence-corrected chi connectivity index (χ1v) is 10.2. The highest BCUT2D eigenvalue weighted by Crippen LogP contribution is 2.38. The summed E-state index contributed by atoms with van der Waals surface area (Å²) >= 11 is 0.971. The molecule has 0 bridgehead atoms. The van der Waals surface area contributed by atoms with Gasteiger partial charge in [0.2, 0.25) is 11.2 Å². The van der Waals surface area contributed by atoms with Crippen molar-refractivity contribution in [3.8, 4) is 17.2 Å². The van der Waals surface area contributed by atoms with Gasteiger partial charge in [0.05, 0.1) is 32.1 Å². The van der Waals surface area contributed by atoms with Crippen LogP contribution in [0.5, 0.6) is 17.2 Å². The molecule has 168 valence electrons. The number of aliphatic carboxylic acids is 1. The molecule has 0 aliphatic rings. The number of hydrogen-bond donors (Lipinski definition) is 3. The van der Waals surface area contributed by atoms with Crippen LogP contribution in [-0.2, 0) is 19.7 Å². The molecule has 11 heteroatoms. The molecule has 1 atom stereocenters. The highest BCUT2D eigenvalue weighted by Gasteiger charge is 2.54. The Kier molecular flexibility index (Phi) is 6.49. The maximum Gasteiger partial charge on any atom is 0.335 e. The van der Waals surface area contributed by atoms with Gasteiger partial charge >= 0.3 is 11.9 Å². The van der Waals surface area contributed by atoms with Crippen molar-refractivity contribution in [1.82, 2.24) is 9.97 Å². The average Bonchev–Trinajstić information content (AvgIpc) is 3.47. The lowest BCUT2D eigenvalue weighted by Gasteiger charge is -2.24. The molecule has 0 spiro atoms. The Balaban J connectivity index is 2.12. The normalized spacial score (nSPS) is 12.6. The van der Waals surface area contributed by atoms with Gasteiger partial charge in [0, 0.05) is 29.4 Å². The van der Waals surface area contributed by atoms with Gasteiger partial charge in [-0.15, -0.1) is 11.3 Å². The predicted molar refractivity (Wildman–Crippen MR) is 113 cm³/mol. The zero-order valence-electron chi connectivity index (χ0n) is 17.4. The highest BCUT2D eigenvalue weighted by atomic mass is 32.1. The van der Waals surface area contributed by atoms with Gasteiger partial charge in [0.25, 0.3) is 0 Å². The summed E-state index contributed by atoms with van der Waals surface area (Å²) in [5.41, 5.74) is -2.48. The van der Waals surface area contributed by atoms with Gasteiger partial charge in [0.1, 0.15) is 10.8 Å². The monoisotopic (exact) mass is 460 g/mol. The van der Waals surface area contributed by atoms with Crippen molar-refractivity contribution in [3.05, 3.63) is 57.8 Å². The van der Waals surface area contributed by atoms with Crippen molar-refractivity contribution < 1.29 is 38.8 Å². The number of carbonyl (C=O) groups is 3. The number of rotatable bonds is 9. The van der Waals surface area contributed by atoms with Crippen LogP contribution in [-0.4, -0.2) is 58.7 Å². The van der Waals surface area contributed by atoms with Crippen LogP contribution in [0.2, 0.25) is 0 Å². The average molecular weight is 460 g/mol. The van der Waals surface area contributed by atoms with Crippen LogP contribution in [0.4, 0.5) is 0 Å². The zero-order chi connectivity index (χ0) is 23.5. The number of carboxylic acids is 1. The number of aromatic amines is 1. The minimum absolute atomic E-state index is 0.0181. The van der Waals surface area contributed by atoms with E-state index in [0.717, 1.165) is 11.3 Å². The van der Waals surface area contributed by atoms with Crippen LogP contribution in [0.25, 0.3) is 0 Å². The summed E-state index contributed by atoms with van der Waals surface area (Å²) in [5, 5.41) is 21.9. The van der Waals surface area contributed by atoms with Crippen molar-refractivity contribution >= 4 is 29.1 Å². The fourth-order valence-electron chi connectivity index (χ4n) is 3.22. The first kappa shape index (κ1) is 22.8. The lowest BCUT2D eigenvalue weighted by Crippen LogP contribution is -2.45. The Morgan fingerprint density at radius 1 is 1.16 bits per heavy atom. The van der Waals surface area contributed by atoms with Crippen molar-refractivity contribution in [2.24, 2.45) is 0 Å². The van der Waals surface area contributed by atoms with E-state index in [4.69, 9.17) is 14.2 Å². The van der Waals surface area contributed by atoms with Crippen LogP contribution >= 0.6 is 11.3 Å². The lowest BCUT2D eigenvalue weighted by molar-refractivity contribution is -0.159. The smallest absolute Gasteiger partial charge is 0.335 e. The Labute approximate surface area is 186 Å². The number of thiazole rings is 1. The summed E-state index contributed by atoms with van der Waals surface area (Å²) < 4.78 is 15.3. The molecule has 0 saturated heterocycles. The summed E-state index contributed by atoms with van der Waals surface area (Å²) in [6, 6.07) is 3.75. The fourth-order valence-corrected chi connectivity index (χ4v) is 4.05. The number of benzene rings is 1. The Hall–Kier alpha value is -3.86. The van der Waals surface area contributed by atoms with Crippen LogP contribution in [0.1, 0.15) is 33.5 Å². The number of carboxylic acid groups (broad SMARTS) is 1. The zero-order valence-corrected chi connectivity index (χ0v) is 18.2. The van der Waals surface area contributed by atoms with E-state index >= 15 is 0 Å². The minimum Gasteiger partial charge on any atom is -0.507 e. The molecule has 0 fully saturated rings. The molecule has 3 rings (SSSR count). The molecule has 1 unspecified atom stereocenters. The van der Waals surface area contributed by atoms with E-state index in [9.17, 15) is 24.6 Å². The summed E-state index contributed by atoms with van der Waals surface area (Å²) in [4.78, 5) is 45.0. The third-order valence-electron chi connectivity index (χ3n) is 4.76. The topological polar surface area (TPSA) is 148 Å². The van der Waals surface area contributed by atoms with E-state index in [2.05, 4.69) is 9.97 Å². The van der Waals surface area contributed by atoms with E-state index < -0.39 is 23.1 Å². The molecule has 0 amide bonds. The second kappa shape index (κ2) is 9.10. The largest absolute Gasteiger partial charge is 0.507 e. The Bertz CT molecular complexity index is 1150. The Morgan fingerprint density at radius 3 is 2.41 bits per heavy atom. The highest BCUT2D eigenvalue weighted by molar-refractivity contribution is 7.10. The maximum absolute atomic E-state index is 13.1. The number of H-pyrrole nitrogens is 1. The molecule has 2 heterocycles. The van der Waals surface area contributed by atoms with E-state index in [1.54, 1.807) is 6.92 Å². The van der Waals surface area contributed by atoms with Crippen LogP contribution in [0.3, 0.4) is 0 Å². The molecular weight excluding hydrogens is 440 g/mol. The van der Waals surface area contributed by atoms with Crippen molar-refractivity contribution in [2.45, 2.75) is 12.3 Å². The van der Waals surface area contributed by atoms with Gasteiger partial charge in [0.15, 0.2) is 11.5 Å². The van der Waals surface area contributed by atoms with Crippen LogP contribution in [0.15, 0.2) is 36.0 Å². The molecule has 1 aromatic carbocycles. The summed E-state index contributed by atoms with van der Waals surface area (Å²) in [7, 11) is 2.76. The second-order valence-corrected chi connectivity index (χ2v) is 7.36. The quantitative estimate of drug-likeness (QED) is 0.249. The Morgan fingerprint density at radius 2 is 1.84 bits per heavy atom. The van der Waals surface area contributed by atoms with Gasteiger partial charge in [-0.05, 0) is 19.1 Å². The molecule has 10 nitrogen and oxygen atoms in total. The molecule has 3 aromatic rings. The number of carbonyl (C=O) groups excluding carboxylic acids is 2. The van der Waals surface area contributed by atoms with Gasteiger partial charge < -0.3 is 29.4 Å². The van der Waals surface area contributed by atoms with Crippen molar-refractivity contribution in [3.63, 3.8) is 0 Å². The first-order valence-electron chi connectivity index (χ1n) is 9.30. The molecule has 0 aliphatic heterocycles. The molecule has 0 radical (unpaired) electrons. The number of aromatic hydroxyl groups is 1. The number of ether oxygens (including phenoxy) is 3. The number of phenolic OH excluding ortho intramolecular Hbond substituents is 1. The van der Waals surface area contributed by atoms with Crippen molar-refractivity contribution in [2.75, 3.05) is 20.8 Å². The summed E-state index contributed by atoms with van der Waals surface area (Å²) in [5.74, 6) is -3.11. The third kappa shape index (κ3) is 3.66. The number of hydrogen-bond acceptors (Lipinski definition) is 9. The summed E-state index contributed by atoms with van der Waals surface area (Å²) in [6.07, 6.45) is 2.61. The van der Waals surface area contributed by atoms with Gasteiger partial charge in [-0.3, -0.25) is 9.59 Å². The van der Waals surface area contributed by atoms with Gasteiger partial charge in [-0.2, -0.15) is 0 Å². The number of nitrogens with zero attached hydrogens (tertiary/aromatic N) is 1. The van der Waals surface area contributed by atoms with E-state index in [0.29, 0.717) is 0 Å². The fraction of sp³-hybridized carbons (Fsp3) is 0.238. The van der Waals surface area contributed by atoms with Crippen molar-refractivity contribution in [1.29, 1.82) is 0 Å². The lowest BCUT2D eigenvalue weighted by atomic mass is 9.82. The number of ketones is 1. The van der Waals surface area contributed by atoms with Crippen LogP contribution < -0.4 is 9.47 Å². The predicted octanol–water partition coefficient (Wildman–Crippen LogP) is 2.36. The molecule has 3 N–H and O–H groups in total. The van der Waals surface area contributed by atoms with Gasteiger partial charge in [-0.25, -0.2) is 9.78 Å². The molecule has 0 aliphatic carbocycles. The number of esters is 1.